The molecule has 2 N–H and O–H groups in total. The Labute approximate surface area is 513 Å². The number of aromatic hydroxyl groups is 2. The molecule has 0 saturated carbocycles. The van der Waals surface area contributed by atoms with Crippen LogP contribution in [0.25, 0.3) is 0 Å². The number of azo groups is 2. The van der Waals surface area contributed by atoms with Crippen LogP contribution >= 0.6 is 0 Å². The standard InChI is InChI=1S/C70H102N8O8/c1-5-7-9-11-13-15-17-19-21-23-25-27-29-31-35-43-51-85-69(83)57-45-37-39-47-61(57)73-75-63-59(53-71)55(3)65(79)77(67(63)81)49-41-33-34-42-50-78-66(80)56(4)60(54-72)64(68(78)82)76-74-62-48-40-38-46-58(62)70(84)86-52-44-36-32-30-28-26-24-22-20-18-16-14-12-10-8-6-2/h37-40,45-48,79-80H,5-36,41-44,49-52H2,1-4H3. The molecule has 2 heterocycles. The molecule has 2 aromatic heterocycles. The summed E-state index contributed by atoms with van der Waals surface area (Å²) in [5, 5.41) is 59.2. The van der Waals surface area contributed by atoms with Crippen molar-refractivity contribution in [3.8, 4) is 23.9 Å². The second-order valence-corrected chi connectivity index (χ2v) is 23.2. The SMILES string of the molecule is CCCCCCCCCCCCCCCCCCOC(=O)c1ccccc1N=Nc1c(C#N)c(C)c(O)n(CCCCCCn2c(O)c(C)c(C#N)c(N=Nc3ccccc3C(=O)OCCCCCCCCCCCCCCCCCC)c2=O)c1=O. The molecule has 2 aromatic carbocycles. The van der Waals surface area contributed by atoms with Crippen molar-refractivity contribution in [2.24, 2.45) is 20.5 Å². The van der Waals surface area contributed by atoms with Gasteiger partial charge in [-0.3, -0.25) is 18.7 Å². The third-order valence-electron chi connectivity index (χ3n) is 16.3. The molecular weight excluding hydrogens is 1080 g/mol. The van der Waals surface area contributed by atoms with Crippen molar-refractivity contribution in [3.63, 3.8) is 0 Å². The number of ether oxygens (including phenoxy) is 2. The van der Waals surface area contributed by atoms with Gasteiger partial charge in [-0.05, 0) is 63.8 Å². The van der Waals surface area contributed by atoms with E-state index in [2.05, 4.69) is 34.3 Å². The predicted octanol–water partition coefficient (Wildman–Crippen LogP) is 19.7. The van der Waals surface area contributed by atoms with Gasteiger partial charge in [-0.15, -0.1) is 20.5 Å². The highest BCUT2D eigenvalue weighted by molar-refractivity contribution is 5.95. The van der Waals surface area contributed by atoms with Gasteiger partial charge in [-0.1, -0.05) is 244 Å². The number of rotatable bonds is 47. The summed E-state index contributed by atoms with van der Waals surface area (Å²) in [6.07, 6.45) is 41.8. The molecule has 16 heteroatoms. The molecule has 0 aliphatic rings. The topological polar surface area (TPSA) is 234 Å². The van der Waals surface area contributed by atoms with E-state index in [-0.39, 0.29) is 94.2 Å². The van der Waals surface area contributed by atoms with E-state index in [1.807, 2.05) is 12.1 Å². The lowest BCUT2D eigenvalue weighted by molar-refractivity contribution is 0.0489. The number of unbranched alkanes of at least 4 members (excludes halogenated alkanes) is 33. The first-order valence-electron chi connectivity index (χ1n) is 33.1. The summed E-state index contributed by atoms with van der Waals surface area (Å²) in [5.74, 6) is -1.87. The van der Waals surface area contributed by atoms with Gasteiger partial charge in [0.05, 0.1) is 35.5 Å². The van der Waals surface area contributed by atoms with Gasteiger partial charge < -0.3 is 19.7 Å². The Morgan fingerprint density at radius 1 is 0.419 bits per heavy atom. The zero-order valence-corrected chi connectivity index (χ0v) is 52.8. The highest BCUT2D eigenvalue weighted by Crippen LogP contribution is 2.31. The molecule has 4 rings (SSSR count). The van der Waals surface area contributed by atoms with Crippen LogP contribution in [0.5, 0.6) is 11.8 Å². The molecule has 0 atom stereocenters. The van der Waals surface area contributed by atoms with E-state index in [1.54, 1.807) is 48.5 Å². The van der Waals surface area contributed by atoms with Gasteiger partial charge >= 0.3 is 11.9 Å². The van der Waals surface area contributed by atoms with Crippen LogP contribution in [0.2, 0.25) is 0 Å². The average Bonchev–Trinajstić information content (AvgIpc) is 1.37. The number of esters is 2. The van der Waals surface area contributed by atoms with Gasteiger partial charge in [0.2, 0.25) is 0 Å². The van der Waals surface area contributed by atoms with Crippen molar-refractivity contribution in [2.75, 3.05) is 13.2 Å². The zero-order valence-electron chi connectivity index (χ0n) is 52.8. The van der Waals surface area contributed by atoms with Crippen LogP contribution < -0.4 is 11.1 Å². The fourth-order valence-electron chi connectivity index (χ4n) is 10.9. The van der Waals surface area contributed by atoms with Crippen LogP contribution in [0.15, 0.2) is 78.6 Å². The van der Waals surface area contributed by atoms with Crippen molar-refractivity contribution < 1.29 is 29.3 Å². The molecule has 0 unspecified atom stereocenters. The molecule has 0 fully saturated rings. The summed E-state index contributed by atoms with van der Waals surface area (Å²) in [6.45, 7) is 8.22. The number of carbonyl (C=O) groups is 2. The maximum atomic E-state index is 13.9. The van der Waals surface area contributed by atoms with Gasteiger partial charge in [0.25, 0.3) is 11.1 Å². The number of carbonyl (C=O) groups excluding carboxylic acids is 2. The Morgan fingerprint density at radius 3 is 0.977 bits per heavy atom. The number of pyridine rings is 2. The number of aromatic nitrogens is 2. The molecule has 86 heavy (non-hydrogen) atoms. The Hall–Kier alpha value is -6.94. The molecule has 16 nitrogen and oxygen atoms in total. The average molecular weight is 1180 g/mol. The summed E-state index contributed by atoms with van der Waals surface area (Å²) < 4.78 is 13.5. The number of hydrogen-bond donors (Lipinski definition) is 2. The largest absolute Gasteiger partial charge is 0.494 e. The van der Waals surface area contributed by atoms with Crippen molar-refractivity contribution >= 4 is 34.7 Å². The van der Waals surface area contributed by atoms with E-state index in [0.29, 0.717) is 25.7 Å². The summed E-state index contributed by atoms with van der Waals surface area (Å²) in [4.78, 5) is 54.1. The Bertz CT molecular complexity index is 2720. The molecule has 0 spiro atoms. The maximum absolute atomic E-state index is 13.9. The lowest BCUT2D eigenvalue weighted by Gasteiger charge is -2.14. The summed E-state index contributed by atoms with van der Waals surface area (Å²) in [5.41, 5.74) is -1.31. The molecule has 4 aromatic rings. The lowest BCUT2D eigenvalue weighted by atomic mass is 10.0. The molecule has 0 radical (unpaired) electrons. The molecule has 470 valence electrons. The highest BCUT2D eigenvalue weighted by atomic mass is 16.5. The predicted molar refractivity (Wildman–Crippen MR) is 343 cm³/mol. The van der Waals surface area contributed by atoms with Crippen LogP contribution in [0, 0.1) is 36.5 Å². The minimum atomic E-state index is -0.728. The molecule has 0 saturated heterocycles. The van der Waals surface area contributed by atoms with E-state index in [4.69, 9.17) is 9.47 Å². The fraction of sp³-hybridized carbons (Fsp3) is 0.629. The summed E-state index contributed by atoms with van der Waals surface area (Å²) in [6, 6.07) is 17.0. The maximum Gasteiger partial charge on any atom is 0.340 e. The first-order valence-corrected chi connectivity index (χ1v) is 33.1. The Balaban J connectivity index is 1.23. The minimum absolute atomic E-state index is 0.0717. The number of benzene rings is 2. The van der Waals surface area contributed by atoms with Crippen molar-refractivity contribution in [1.29, 1.82) is 10.5 Å². The number of nitriles is 2. The van der Waals surface area contributed by atoms with Gasteiger partial charge in [0, 0.05) is 24.2 Å². The lowest BCUT2D eigenvalue weighted by Crippen LogP contribution is -2.22. The quantitative estimate of drug-likeness (QED) is 0.0241. The normalized spacial score (nSPS) is 11.4. The second kappa shape index (κ2) is 43.6. The van der Waals surface area contributed by atoms with E-state index < -0.39 is 23.1 Å². The van der Waals surface area contributed by atoms with Gasteiger partial charge in [0.1, 0.15) is 23.5 Å². The van der Waals surface area contributed by atoms with E-state index in [1.165, 1.54) is 181 Å². The van der Waals surface area contributed by atoms with Crippen LogP contribution in [0.1, 0.15) is 288 Å². The fourth-order valence-corrected chi connectivity index (χ4v) is 10.9. The Morgan fingerprint density at radius 2 is 0.686 bits per heavy atom. The molecule has 0 aliphatic carbocycles. The first-order chi connectivity index (χ1) is 42.0. The number of nitrogens with zero attached hydrogens (tertiary/aromatic N) is 8. The van der Waals surface area contributed by atoms with Gasteiger partial charge in [-0.2, -0.15) is 10.5 Å². The minimum Gasteiger partial charge on any atom is -0.494 e. The van der Waals surface area contributed by atoms with Crippen LogP contribution in [-0.4, -0.2) is 44.5 Å². The van der Waals surface area contributed by atoms with Crippen LogP contribution in [-0.2, 0) is 22.6 Å². The van der Waals surface area contributed by atoms with Gasteiger partial charge in [0.15, 0.2) is 23.1 Å². The van der Waals surface area contributed by atoms with E-state index in [0.717, 1.165) is 47.7 Å². The van der Waals surface area contributed by atoms with E-state index >= 15 is 0 Å². The van der Waals surface area contributed by atoms with Crippen LogP contribution in [0.3, 0.4) is 0 Å². The highest BCUT2D eigenvalue weighted by Gasteiger charge is 2.22. The molecule has 0 aliphatic heterocycles. The zero-order chi connectivity index (χ0) is 62.0. The van der Waals surface area contributed by atoms with Crippen molar-refractivity contribution in [3.05, 3.63) is 103 Å². The monoisotopic (exact) mass is 1180 g/mol. The number of hydrogen-bond acceptors (Lipinski definition) is 14. The third kappa shape index (κ3) is 25.6. The summed E-state index contributed by atoms with van der Waals surface area (Å²) >= 11 is 0. The molecule has 0 amide bonds. The third-order valence-corrected chi connectivity index (χ3v) is 16.3. The molecular formula is C70H102N8O8. The Kier molecular flexibility index (Phi) is 36.3. The molecule has 0 bridgehead atoms. The first kappa shape index (κ1) is 71.5. The van der Waals surface area contributed by atoms with Crippen molar-refractivity contribution in [2.45, 2.75) is 272 Å². The smallest absolute Gasteiger partial charge is 0.340 e. The van der Waals surface area contributed by atoms with Gasteiger partial charge in [-0.25, -0.2) is 9.59 Å². The van der Waals surface area contributed by atoms with Crippen molar-refractivity contribution in [1.82, 2.24) is 9.13 Å². The van der Waals surface area contributed by atoms with Crippen LogP contribution in [0.4, 0.5) is 22.7 Å². The second-order valence-electron chi connectivity index (χ2n) is 23.2. The van der Waals surface area contributed by atoms with E-state index in [9.17, 15) is 39.9 Å². The summed E-state index contributed by atoms with van der Waals surface area (Å²) in [7, 11) is 0.